The summed E-state index contributed by atoms with van der Waals surface area (Å²) in [7, 11) is 0. The molecule has 2 aromatic carbocycles. The molecule has 2 atom stereocenters. The van der Waals surface area contributed by atoms with Crippen molar-refractivity contribution < 1.29 is 9.90 Å². The molecule has 0 amide bonds. The second-order valence-corrected chi connectivity index (χ2v) is 4.40. The Morgan fingerprint density at radius 1 is 0.947 bits per heavy atom. The molecule has 19 heavy (non-hydrogen) atoms. The van der Waals surface area contributed by atoms with E-state index in [9.17, 15) is 9.90 Å². The monoisotopic (exact) mass is 252 g/mol. The van der Waals surface area contributed by atoms with Crippen LogP contribution in [0.25, 0.3) is 0 Å². The highest BCUT2D eigenvalue weighted by molar-refractivity contribution is 5.78. The molecule has 0 unspecified atom stereocenters. The van der Waals surface area contributed by atoms with Crippen LogP contribution in [0, 0.1) is 0 Å². The predicted molar refractivity (Wildman–Crippen MR) is 76.2 cm³/mol. The second kappa shape index (κ2) is 6.01. The topological polar surface area (TPSA) is 37.3 Å². The molecule has 0 radical (unpaired) electrons. The summed E-state index contributed by atoms with van der Waals surface area (Å²) in [6, 6.07) is 18.9. The molecular weight excluding hydrogens is 236 g/mol. The molecule has 0 spiro atoms. The van der Waals surface area contributed by atoms with Gasteiger partial charge in [0.25, 0.3) is 0 Å². The maximum absolute atomic E-state index is 11.6. The molecule has 0 aliphatic heterocycles. The fourth-order valence-corrected chi connectivity index (χ4v) is 2.30. The standard InChI is InChI=1S/C17H16O2/c1-2-15(13-9-5-3-6-10-13)16(17(18)19)14-11-7-4-8-12-14/h2-12,15-16H,1H2,(H,18,19)/t15-,16+/m1/s1. The molecule has 0 aliphatic carbocycles. The average molecular weight is 252 g/mol. The number of carbonyl (C=O) groups is 1. The maximum atomic E-state index is 11.6. The normalized spacial score (nSPS) is 13.5. The minimum atomic E-state index is -0.833. The lowest BCUT2D eigenvalue weighted by Crippen LogP contribution is -2.18. The van der Waals surface area contributed by atoms with Gasteiger partial charge in [-0.2, -0.15) is 0 Å². The molecule has 0 bridgehead atoms. The molecular formula is C17H16O2. The van der Waals surface area contributed by atoms with E-state index >= 15 is 0 Å². The van der Waals surface area contributed by atoms with Crippen molar-refractivity contribution in [3.05, 3.63) is 84.4 Å². The Kier molecular flexibility index (Phi) is 4.14. The van der Waals surface area contributed by atoms with Crippen LogP contribution >= 0.6 is 0 Å². The Hall–Kier alpha value is -2.35. The number of benzene rings is 2. The van der Waals surface area contributed by atoms with E-state index in [1.165, 1.54) is 0 Å². The van der Waals surface area contributed by atoms with Crippen LogP contribution in [0.2, 0.25) is 0 Å². The van der Waals surface area contributed by atoms with Gasteiger partial charge in [0.1, 0.15) is 0 Å². The van der Waals surface area contributed by atoms with E-state index in [0.29, 0.717) is 0 Å². The van der Waals surface area contributed by atoms with Gasteiger partial charge in [-0.25, -0.2) is 0 Å². The summed E-state index contributed by atoms with van der Waals surface area (Å²) in [4.78, 5) is 11.6. The van der Waals surface area contributed by atoms with Gasteiger partial charge in [0.05, 0.1) is 5.92 Å². The number of hydrogen-bond donors (Lipinski definition) is 1. The average Bonchev–Trinajstić information content (AvgIpc) is 2.46. The van der Waals surface area contributed by atoms with E-state index in [0.717, 1.165) is 11.1 Å². The van der Waals surface area contributed by atoms with Gasteiger partial charge >= 0.3 is 5.97 Å². The molecule has 2 heteroatoms. The van der Waals surface area contributed by atoms with Crippen LogP contribution in [-0.2, 0) is 4.79 Å². The summed E-state index contributed by atoms with van der Waals surface area (Å²) in [6.45, 7) is 3.80. The van der Waals surface area contributed by atoms with Crippen molar-refractivity contribution in [2.75, 3.05) is 0 Å². The Morgan fingerprint density at radius 3 is 1.84 bits per heavy atom. The van der Waals surface area contributed by atoms with E-state index in [2.05, 4.69) is 6.58 Å². The zero-order valence-corrected chi connectivity index (χ0v) is 10.6. The highest BCUT2D eigenvalue weighted by Crippen LogP contribution is 2.34. The molecule has 0 aromatic heterocycles. The third-order valence-electron chi connectivity index (χ3n) is 3.22. The summed E-state index contributed by atoms with van der Waals surface area (Å²) in [6.07, 6.45) is 1.71. The molecule has 96 valence electrons. The van der Waals surface area contributed by atoms with E-state index in [-0.39, 0.29) is 5.92 Å². The van der Waals surface area contributed by atoms with Gasteiger partial charge in [0, 0.05) is 5.92 Å². The Bertz CT molecular complexity index is 546. The first-order valence-corrected chi connectivity index (χ1v) is 6.19. The summed E-state index contributed by atoms with van der Waals surface area (Å²) in [5, 5.41) is 9.54. The fourth-order valence-electron chi connectivity index (χ4n) is 2.30. The van der Waals surface area contributed by atoms with Crippen molar-refractivity contribution in [2.45, 2.75) is 11.8 Å². The summed E-state index contributed by atoms with van der Waals surface area (Å²) in [5.74, 6) is -1.68. The van der Waals surface area contributed by atoms with Crippen molar-refractivity contribution in [2.24, 2.45) is 0 Å². The summed E-state index contributed by atoms with van der Waals surface area (Å²) >= 11 is 0. The Morgan fingerprint density at radius 2 is 1.42 bits per heavy atom. The number of hydrogen-bond acceptors (Lipinski definition) is 1. The molecule has 2 rings (SSSR count). The lowest BCUT2D eigenvalue weighted by Gasteiger charge is -2.21. The molecule has 1 N–H and O–H groups in total. The van der Waals surface area contributed by atoms with E-state index in [1.54, 1.807) is 6.08 Å². The van der Waals surface area contributed by atoms with Gasteiger partial charge in [-0.1, -0.05) is 66.7 Å². The van der Waals surface area contributed by atoms with E-state index < -0.39 is 11.9 Å². The Balaban J connectivity index is 2.43. The van der Waals surface area contributed by atoms with Gasteiger partial charge in [0.15, 0.2) is 0 Å². The number of allylic oxidation sites excluding steroid dienone is 1. The van der Waals surface area contributed by atoms with Crippen LogP contribution in [0.4, 0.5) is 0 Å². The quantitative estimate of drug-likeness (QED) is 0.821. The van der Waals surface area contributed by atoms with Crippen LogP contribution in [0.3, 0.4) is 0 Å². The number of carboxylic acid groups (broad SMARTS) is 1. The molecule has 0 saturated heterocycles. The maximum Gasteiger partial charge on any atom is 0.311 e. The molecule has 0 fully saturated rings. The minimum absolute atomic E-state index is 0.235. The third-order valence-corrected chi connectivity index (χ3v) is 3.22. The lowest BCUT2D eigenvalue weighted by molar-refractivity contribution is -0.139. The lowest BCUT2D eigenvalue weighted by atomic mass is 9.81. The number of aliphatic carboxylic acids is 1. The predicted octanol–water partition coefficient (Wildman–Crippen LogP) is 3.82. The number of carboxylic acids is 1. The SMILES string of the molecule is C=C[C@H](c1ccccc1)[C@@H](C(=O)O)c1ccccc1. The largest absolute Gasteiger partial charge is 0.481 e. The third kappa shape index (κ3) is 2.91. The van der Waals surface area contributed by atoms with Crippen molar-refractivity contribution >= 4 is 5.97 Å². The van der Waals surface area contributed by atoms with Crippen LogP contribution in [0.1, 0.15) is 23.0 Å². The van der Waals surface area contributed by atoms with E-state index in [1.807, 2.05) is 60.7 Å². The van der Waals surface area contributed by atoms with E-state index in [4.69, 9.17) is 0 Å². The van der Waals surface area contributed by atoms with Crippen molar-refractivity contribution in [1.82, 2.24) is 0 Å². The first-order valence-electron chi connectivity index (χ1n) is 6.19. The van der Waals surface area contributed by atoms with Gasteiger partial charge in [-0.3, -0.25) is 4.79 Å². The Labute approximate surface area is 113 Å². The summed E-state index contributed by atoms with van der Waals surface area (Å²) in [5.41, 5.74) is 1.76. The van der Waals surface area contributed by atoms with Crippen LogP contribution in [-0.4, -0.2) is 11.1 Å². The van der Waals surface area contributed by atoms with Crippen LogP contribution < -0.4 is 0 Å². The van der Waals surface area contributed by atoms with Crippen molar-refractivity contribution in [3.63, 3.8) is 0 Å². The van der Waals surface area contributed by atoms with Gasteiger partial charge in [-0.05, 0) is 11.1 Å². The zero-order valence-electron chi connectivity index (χ0n) is 10.6. The second-order valence-electron chi connectivity index (χ2n) is 4.40. The van der Waals surface area contributed by atoms with Crippen molar-refractivity contribution in [3.8, 4) is 0 Å². The fraction of sp³-hybridized carbons (Fsp3) is 0.118. The molecule has 2 aromatic rings. The molecule has 0 saturated carbocycles. The van der Waals surface area contributed by atoms with Gasteiger partial charge < -0.3 is 5.11 Å². The van der Waals surface area contributed by atoms with Crippen LogP contribution in [0.5, 0.6) is 0 Å². The first kappa shape index (κ1) is 13.1. The minimum Gasteiger partial charge on any atom is -0.481 e. The first-order chi connectivity index (χ1) is 9.24. The summed E-state index contributed by atoms with van der Waals surface area (Å²) < 4.78 is 0. The van der Waals surface area contributed by atoms with Crippen molar-refractivity contribution in [1.29, 1.82) is 0 Å². The van der Waals surface area contributed by atoms with Gasteiger partial charge in [-0.15, -0.1) is 6.58 Å². The van der Waals surface area contributed by atoms with Crippen LogP contribution in [0.15, 0.2) is 73.3 Å². The zero-order chi connectivity index (χ0) is 13.7. The molecule has 0 heterocycles. The highest BCUT2D eigenvalue weighted by Gasteiger charge is 2.28. The molecule has 0 aliphatic rings. The highest BCUT2D eigenvalue weighted by atomic mass is 16.4. The number of rotatable bonds is 5. The molecule has 2 nitrogen and oxygen atoms in total. The smallest absolute Gasteiger partial charge is 0.311 e. The van der Waals surface area contributed by atoms with Gasteiger partial charge in [0.2, 0.25) is 0 Å².